The van der Waals surface area contributed by atoms with Crippen LogP contribution < -0.4 is 5.46 Å². The van der Waals surface area contributed by atoms with E-state index in [-0.39, 0.29) is 0 Å². The molecule has 0 saturated carbocycles. The lowest BCUT2D eigenvalue weighted by Crippen LogP contribution is -2.37. The molecule has 1 rings (SSSR count). The van der Waals surface area contributed by atoms with Gasteiger partial charge in [0.2, 0.25) is 0 Å². The van der Waals surface area contributed by atoms with Crippen molar-refractivity contribution in [3.8, 4) is 6.07 Å². The van der Waals surface area contributed by atoms with Crippen LogP contribution in [0.5, 0.6) is 0 Å². The molecular formula is C8H4BF4NO2. The quantitative estimate of drug-likeness (QED) is 0.544. The highest BCUT2D eigenvalue weighted by atomic mass is 19.4. The van der Waals surface area contributed by atoms with Crippen LogP contribution in [0, 0.1) is 17.1 Å². The Balaban J connectivity index is 3.63. The van der Waals surface area contributed by atoms with Gasteiger partial charge < -0.3 is 10.0 Å². The molecule has 1 aromatic carbocycles. The largest absolute Gasteiger partial charge is 0.489 e. The van der Waals surface area contributed by atoms with Crippen molar-refractivity contribution < 1.29 is 27.6 Å². The van der Waals surface area contributed by atoms with Crippen molar-refractivity contribution >= 4 is 12.6 Å². The molecule has 0 amide bonds. The maximum absolute atomic E-state index is 12.9. The Bertz CT molecular complexity index is 453. The summed E-state index contributed by atoms with van der Waals surface area (Å²) in [4.78, 5) is 0. The van der Waals surface area contributed by atoms with Gasteiger partial charge in [-0.2, -0.15) is 18.4 Å². The second-order valence-electron chi connectivity index (χ2n) is 2.87. The summed E-state index contributed by atoms with van der Waals surface area (Å²) < 4.78 is 50.4. The predicted octanol–water partition coefficient (Wildman–Crippen LogP) is 0.396. The van der Waals surface area contributed by atoms with E-state index >= 15 is 0 Å². The van der Waals surface area contributed by atoms with Crippen LogP contribution in [0.3, 0.4) is 0 Å². The van der Waals surface area contributed by atoms with Crippen LogP contribution in [0.2, 0.25) is 0 Å². The van der Waals surface area contributed by atoms with E-state index in [1.165, 1.54) is 0 Å². The zero-order chi connectivity index (χ0) is 12.5. The van der Waals surface area contributed by atoms with Gasteiger partial charge in [-0.05, 0) is 11.5 Å². The van der Waals surface area contributed by atoms with Crippen LogP contribution in [-0.4, -0.2) is 17.2 Å². The van der Waals surface area contributed by atoms with Crippen molar-refractivity contribution in [2.45, 2.75) is 6.18 Å². The third-order valence-electron chi connectivity index (χ3n) is 1.86. The molecule has 16 heavy (non-hydrogen) atoms. The fourth-order valence-corrected chi connectivity index (χ4v) is 1.22. The molecule has 2 N–H and O–H groups in total. The van der Waals surface area contributed by atoms with E-state index in [0.29, 0.717) is 12.1 Å². The van der Waals surface area contributed by atoms with E-state index in [0.717, 1.165) is 6.07 Å². The first kappa shape index (κ1) is 12.5. The molecule has 0 unspecified atom stereocenters. The van der Waals surface area contributed by atoms with Crippen molar-refractivity contribution in [1.82, 2.24) is 0 Å². The monoisotopic (exact) mass is 233 g/mol. The van der Waals surface area contributed by atoms with Crippen LogP contribution in [0.15, 0.2) is 12.1 Å². The van der Waals surface area contributed by atoms with Crippen LogP contribution >= 0.6 is 0 Å². The van der Waals surface area contributed by atoms with Gasteiger partial charge in [0.15, 0.2) is 0 Å². The van der Waals surface area contributed by atoms with Gasteiger partial charge in [0.25, 0.3) is 0 Å². The van der Waals surface area contributed by atoms with E-state index in [1.807, 2.05) is 0 Å². The SMILES string of the molecule is N#Cc1c(F)ccc(B(O)O)c1C(F)(F)F. The zero-order valence-corrected chi connectivity index (χ0v) is 7.59. The number of rotatable bonds is 1. The third-order valence-corrected chi connectivity index (χ3v) is 1.86. The van der Waals surface area contributed by atoms with Gasteiger partial charge in [0, 0.05) is 0 Å². The fraction of sp³-hybridized carbons (Fsp3) is 0.125. The average Bonchev–Trinajstić information content (AvgIpc) is 2.15. The number of halogens is 4. The normalized spacial score (nSPS) is 11.1. The summed E-state index contributed by atoms with van der Waals surface area (Å²) in [6, 6.07) is 2.19. The average molecular weight is 233 g/mol. The lowest BCUT2D eigenvalue weighted by Gasteiger charge is -2.14. The highest BCUT2D eigenvalue weighted by Gasteiger charge is 2.40. The van der Waals surface area contributed by atoms with Gasteiger partial charge in [-0.3, -0.25) is 0 Å². The first-order chi connectivity index (χ1) is 7.29. The fourth-order valence-electron chi connectivity index (χ4n) is 1.22. The molecule has 0 radical (unpaired) electrons. The van der Waals surface area contributed by atoms with Crippen molar-refractivity contribution in [2.75, 3.05) is 0 Å². The van der Waals surface area contributed by atoms with Crippen molar-refractivity contribution in [2.24, 2.45) is 0 Å². The molecule has 0 bridgehead atoms. The van der Waals surface area contributed by atoms with Gasteiger partial charge in [-0.15, -0.1) is 0 Å². The first-order valence-electron chi connectivity index (χ1n) is 3.95. The number of nitriles is 1. The number of benzene rings is 1. The molecule has 0 heterocycles. The summed E-state index contributed by atoms with van der Waals surface area (Å²) in [6.45, 7) is 0. The Morgan fingerprint density at radius 3 is 2.19 bits per heavy atom. The molecule has 0 aromatic heterocycles. The second kappa shape index (κ2) is 4.12. The standard InChI is InChI=1S/C8H4BF4NO2/c10-6-2-1-5(9(15)16)7(4(6)3-14)8(11,12)13/h1-2,15-16H. The lowest BCUT2D eigenvalue weighted by atomic mass is 9.75. The van der Waals surface area contributed by atoms with Crippen LogP contribution in [0.4, 0.5) is 17.6 Å². The maximum Gasteiger partial charge on any atom is 0.489 e. The Morgan fingerprint density at radius 2 is 1.81 bits per heavy atom. The van der Waals surface area contributed by atoms with Gasteiger partial charge in [0.05, 0.1) is 11.1 Å². The maximum atomic E-state index is 12.9. The van der Waals surface area contributed by atoms with E-state index < -0.39 is 35.7 Å². The van der Waals surface area contributed by atoms with E-state index in [1.54, 1.807) is 0 Å². The molecule has 84 valence electrons. The van der Waals surface area contributed by atoms with Crippen LogP contribution in [0.1, 0.15) is 11.1 Å². The molecule has 0 atom stereocenters. The zero-order valence-electron chi connectivity index (χ0n) is 7.59. The second-order valence-corrected chi connectivity index (χ2v) is 2.87. The summed E-state index contributed by atoms with van der Waals surface area (Å²) in [7, 11) is -2.43. The molecule has 0 aliphatic carbocycles. The van der Waals surface area contributed by atoms with E-state index in [9.17, 15) is 17.6 Å². The first-order valence-corrected chi connectivity index (χ1v) is 3.95. The number of hydrogen-bond donors (Lipinski definition) is 2. The van der Waals surface area contributed by atoms with Crippen LogP contribution in [0.25, 0.3) is 0 Å². The summed E-state index contributed by atoms with van der Waals surface area (Å²) >= 11 is 0. The van der Waals surface area contributed by atoms with E-state index in [4.69, 9.17) is 15.3 Å². The minimum absolute atomic E-state index is 0.572. The Labute approximate surface area is 87.7 Å². The molecule has 1 aromatic rings. The highest BCUT2D eigenvalue weighted by molar-refractivity contribution is 6.59. The molecule has 8 heteroatoms. The van der Waals surface area contributed by atoms with Crippen molar-refractivity contribution in [1.29, 1.82) is 5.26 Å². The summed E-state index contributed by atoms with van der Waals surface area (Å²) in [6.07, 6.45) is -5.04. The Morgan fingerprint density at radius 1 is 1.25 bits per heavy atom. The molecule has 0 saturated heterocycles. The smallest absolute Gasteiger partial charge is 0.423 e. The summed E-state index contributed by atoms with van der Waals surface area (Å²) in [5.41, 5.74) is -3.87. The molecular weight excluding hydrogens is 229 g/mol. The lowest BCUT2D eigenvalue weighted by molar-refractivity contribution is -0.137. The number of nitrogens with zero attached hydrogens (tertiary/aromatic N) is 1. The highest BCUT2D eigenvalue weighted by Crippen LogP contribution is 2.31. The molecule has 0 spiro atoms. The summed E-state index contributed by atoms with van der Waals surface area (Å²) in [5, 5.41) is 25.8. The Hall–Kier alpha value is -1.59. The van der Waals surface area contributed by atoms with Crippen molar-refractivity contribution in [3.05, 3.63) is 29.1 Å². The minimum atomic E-state index is -5.04. The number of alkyl halides is 3. The minimum Gasteiger partial charge on any atom is -0.423 e. The van der Waals surface area contributed by atoms with Gasteiger partial charge >= 0.3 is 13.3 Å². The van der Waals surface area contributed by atoms with Crippen molar-refractivity contribution in [3.63, 3.8) is 0 Å². The van der Waals surface area contributed by atoms with Gasteiger partial charge in [-0.1, -0.05) is 6.07 Å². The third kappa shape index (κ3) is 2.15. The van der Waals surface area contributed by atoms with E-state index in [2.05, 4.69) is 0 Å². The van der Waals surface area contributed by atoms with Gasteiger partial charge in [0.1, 0.15) is 11.9 Å². The molecule has 3 nitrogen and oxygen atoms in total. The van der Waals surface area contributed by atoms with Gasteiger partial charge in [-0.25, -0.2) is 4.39 Å². The molecule has 0 aliphatic heterocycles. The summed E-state index contributed by atoms with van der Waals surface area (Å²) in [5.74, 6) is -1.36. The Kier molecular flexibility index (Phi) is 3.21. The number of hydrogen-bond acceptors (Lipinski definition) is 3. The van der Waals surface area contributed by atoms with Crippen LogP contribution in [-0.2, 0) is 6.18 Å². The molecule has 0 aliphatic rings. The topological polar surface area (TPSA) is 64.2 Å². The molecule has 0 fully saturated rings. The predicted molar refractivity (Wildman–Crippen MR) is 45.9 cm³/mol.